The maximum Gasteiger partial charge on any atom is 0.211 e. The van der Waals surface area contributed by atoms with Crippen molar-refractivity contribution in [3.05, 3.63) is 41.0 Å². The number of nitriles is 1. The van der Waals surface area contributed by atoms with Gasteiger partial charge in [-0.1, -0.05) is 13.0 Å². The Balaban J connectivity index is 1.78. The van der Waals surface area contributed by atoms with Crippen molar-refractivity contribution in [2.75, 3.05) is 34.4 Å². The summed E-state index contributed by atoms with van der Waals surface area (Å²) in [4.78, 5) is 0. The zero-order valence-electron chi connectivity index (χ0n) is 16.5. The standard InChI is InChI=1S/C21H28N2O4/c1-20(9-5-6-15(11-20)12-22)13-23-14-21(26-4)18-10-16(24-2)7-8-17(18)19(25-3)27-21/h7-8,10-11,19,23H,5-6,9,13-14H2,1-4H3/t19?,20-,21?/m1/s1. The quantitative estimate of drug-likeness (QED) is 0.791. The molecule has 146 valence electrons. The highest BCUT2D eigenvalue weighted by molar-refractivity contribution is 5.42. The molecule has 3 rings (SSSR count). The van der Waals surface area contributed by atoms with Gasteiger partial charge in [0.2, 0.25) is 5.79 Å². The molecule has 1 heterocycles. The Hall–Kier alpha value is -1.91. The zero-order chi connectivity index (χ0) is 19.5. The minimum Gasteiger partial charge on any atom is -0.497 e. The average Bonchev–Trinajstić information content (AvgIpc) is 3.01. The van der Waals surface area contributed by atoms with E-state index in [2.05, 4.69) is 24.4 Å². The molecular weight excluding hydrogens is 344 g/mol. The summed E-state index contributed by atoms with van der Waals surface area (Å²) in [7, 11) is 4.90. The third kappa shape index (κ3) is 3.87. The van der Waals surface area contributed by atoms with Crippen LogP contribution in [0.1, 0.15) is 43.6 Å². The first-order chi connectivity index (χ1) is 13.0. The van der Waals surface area contributed by atoms with E-state index in [0.717, 1.165) is 48.3 Å². The Morgan fingerprint density at radius 1 is 1.30 bits per heavy atom. The van der Waals surface area contributed by atoms with Crippen molar-refractivity contribution >= 4 is 0 Å². The molecule has 1 aliphatic carbocycles. The van der Waals surface area contributed by atoms with Crippen LogP contribution in [0.25, 0.3) is 0 Å². The van der Waals surface area contributed by atoms with Gasteiger partial charge in [0.05, 0.1) is 19.7 Å². The number of rotatable bonds is 7. The van der Waals surface area contributed by atoms with Gasteiger partial charge < -0.3 is 24.3 Å². The SMILES string of the molecule is COc1ccc2c(c1)C(CNC[C@@]1(C)C=C(C#N)CCC1)(OC)OC2OC. The predicted octanol–water partition coefficient (Wildman–Crippen LogP) is 3.40. The van der Waals surface area contributed by atoms with Crippen molar-refractivity contribution in [3.8, 4) is 11.8 Å². The Morgan fingerprint density at radius 3 is 2.78 bits per heavy atom. The normalized spacial score (nSPS) is 29.7. The van der Waals surface area contributed by atoms with Crippen LogP contribution < -0.4 is 10.1 Å². The molecule has 0 spiro atoms. The maximum atomic E-state index is 9.21. The fourth-order valence-corrected chi connectivity index (χ4v) is 4.03. The van der Waals surface area contributed by atoms with Gasteiger partial charge in [0.25, 0.3) is 0 Å². The molecular formula is C21H28N2O4. The average molecular weight is 372 g/mol. The van der Waals surface area contributed by atoms with Gasteiger partial charge in [-0.25, -0.2) is 0 Å². The summed E-state index contributed by atoms with van der Waals surface area (Å²) in [6.45, 7) is 3.39. The van der Waals surface area contributed by atoms with Gasteiger partial charge in [-0.05, 0) is 42.9 Å². The van der Waals surface area contributed by atoms with Gasteiger partial charge in [0.1, 0.15) is 5.75 Å². The number of fused-ring (bicyclic) bond motifs is 1. The van der Waals surface area contributed by atoms with Crippen molar-refractivity contribution in [3.63, 3.8) is 0 Å². The Labute approximate surface area is 161 Å². The van der Waals surface area contributed by atoms with E-state index in [1.165, 1.54) is 0 Å². The second kappa shape index (κ2) is 7.99. The van der Waals surface area contributed by atoms with Crippen LogP contribution in [0.5, 0.6) is 5.75 Å². The van der Waals surface area contributed by atoms with Gasteiger partial charge in [0.15, 0.2) is 6.29 Å². The number of hydrogen-bond acceptors (Lipinski definition) is 6. The molecule has 1 aromatic rings. The minimum absolute atomic E-state index is 0.0469. The van der Waals surface area contributed by atoms with Crippen LogP contribution in [0.4, 0.5) is 0 Å². The summed E-state index contributed by atoms with van der Waals surface area (Å²) >= 11 is 0. The second-order valence-corrected chi connectivity index (χ2v) is 7.49. The molecule has 0 bridgehead atoms. The summed E-state index contributed by atoms with van der Waals surface area (Å²) in [5.41, 5.74) is 2.68. The topological polar surface area (TPSA) is 72.7 Å². The summed E-state index contributed by atoms with van der Waals surface area (Å²) in [6.07, 6.45) is 4.59. The van der Waals surface area contributed by atoms with Crippen LogP contribution in [0, 0.1) is 16.7 Å². The van der Waals surface area contributed by atoms with Gasteiger partial charge >= 0.3 is 0 Å². The molecule has 0 saturated heterocycles. The molecule has 0 radical (unpaired) electrons. The fraction of sp³-hybridized carbons (Fsp3) is 0.571. The molecule has 0 saturated carbocycles. The molecule has 2 unspecified atom stereocenters. The molecule has 1 aromatic carbocycles. The van der Waals surface area contributed by atoms with Crippen molar-refractivity contribution in [2.24, 2.45) is 5.41 Å². The van der Waals surface area contributed by atoms with Crippen molar-refractivity contribution in [1.29, 1.82) is 5.26 Å². The lowest BCUT2D eigenvalue weighted by Gasteiger charge is -2.34. The van der Waals surface area contributed by atoms with E-state index in [9.17, 15) is 5.26 Å². The Bertz CT molecular complexity index is 757. The van der Waals surface area contributed by atoms with Gasteiger partial charge in [0, 0.05) is 37.5 Å². The molecule has 0 fully saturated rings. The van der Waals surface area contributed by atoms with Gasteiger partial charge in [-0.15, -0.1) is 0 Å². The smallest absolute Gasteiger partial charge is 0.211 e. The monoisotopic (exact) mass is 372 g/mol. The van der Waals surface area contributed by atoms with Crippen LogP contribution >= 0.6 is 0 Å². The first kappa shape index (κ1) is 19.8. The molecule has 0 amide bonds. The maximum absolute atomic E-state index is 9.21. The lowest BCUT2D eigenvalue weighted by atomic mass is 9.78. The van der Waals surface area contributed by atoms with Crippen molar-refractivity contribution < 1.29 is 18.9 Å². The van der Waals surface area contributed by atoms with E-state index in [-0.39, 0.29) is 5.41 Å². The summed E-state index contributed by atoms with van der Waals surface area (Å²) < 4.78 is 22.9. The zero-order valence-corrected chi connectivity index (χ0v) is 16.5. The molecule has 6 nitrogen and oxygen atoms in total. The molecule has 3 atom stereocenters. The highest BCUT2D eigenvalue weighted by Gasteiger charge is 2.46. The van der Waals surface area contributed by atoms with Crippen LogP contribution in [0.15, 0.2) is 29.8 Å². The molecule has 27 heavy (non-hydrogen) atoms. The molecule has 1 N–H and O–H groups in total. The van der Waals surface area contributed by atoms with Crippen LogP contribution in [0.2, 0.25) is 0 Å². The lowest BCUT2D eigenvalue weighted by Crippen LogP contribution is -2.43. The van der Waals surface area contributed by atoms with E-state index >= 15 is 0 Å². The number of benzene rings is 1. The van der Waals surface area contributed by atoms with Crippen LogP contribution in [-0.4, -0.2) is 34.4 Å². The van der Waals surface area contributed by atoms with Crippen molar-refractivity contribution in [1.82, 2.24) is 5.32 Å². The number of methoxy groups -OCH3 is 3. The third-order valence-electron chi connectivity index (χ3n) is 5.51. The Kier molecular flexibility index (Phi) is 5.87. The summed E-state index contributed by atoms with van der Waals surface area (Å²) in [6, 6.07) is 8.09. The van der Waals surface area contributed by atoms with E-state index in [1.807, 2.05) is 18.2 Å². The van der Waals surface area contributed by atoms with Gasteiger partial charge in [-0.2, -0.15) is 5.26 Å². The van der Waals surface area contributed by atoms with Crippen LogP contribution in [-0.2, 0) is 20.0 Å². The summed E-state index contributed by atoms with van der Waals surface area (Å²) in [5, 5.41) is 12.7. The highest BCUT2D eigenvalue weighted by Crippen LogP contribution is 2.45. The van der Waals surface area contributed by atoms with E-state index in [4.69, 9.17) is 18.9 Å². The third-order valence-corrected chi connectivity index (χ3v) is 5.51. The van der Waals surface area contributed by atoms with E-state index in [1.54, 1.807) is 21.3 Å². The van der Waals surface area contributed by atoms with E-state index < -0.39 is 12.1 Å². The highest BCUT2D eigenvalue weighted by atomic mass is 16.8. The number of allylic oxidation sites excluding steroid dienone is 1. The first-order valence-electron chi connectivity index (χ1n) is 9.26. The molecule has 0 aromatic heterocycles. The second-order valence-electron chi connectivity index (χ2n) is 7.49. The minimum atomic E-state index is -0.947. The molecule has 1 aliphatic heterocycles. The predicted molar refractivity (Wildman–Crippen MR) is 101 cm³/mol. The number of nitrogens with one attached hydrogen (secondary N) is 1. The number of hydrogen-bond donors (Lipinski definition) is 1. The molecule has 6 heteroatoms. The largest absolute Gasteiger partial charge is 0.497 e. The van der Waals surface area contributed by atoms with Crippen LogP contribution in [0.3, 0.4) is 0 Å². The summed E-state index contributed by atoms with van der Waals surface area (Å²) in [5.74, 6) is -0.200. The molecule has 2 aliphatic rings. The lowest BCUT2D eigenvalue weighted by molar-refractivity contribution is -0.286. The fourth-order valence-electron chi connectivity index (χ4n) is 4.03. The Morgan fingerprint density at radius 2 is 2.11 bits per heavy atom. The van der Waals surface area contributed by atoms with Crippen molar-refractivity contribution in [2.45, 2.75) is 38.3 Å². The number of ether oxygens (including phenoxy) is 4. The van der Waals surface area contributed by atoms with E-state index in [0.29, 0.717) is 6.54 Å². The first-order valence-corrected chi connectivity index (χ1v) is 9.26. The van der Waals surface area contributed by atoms with Gasteiger partial charge in [-0.3, -0.25) is 0 Å². The number of nitrogens with zero attached hydrogens (tertiary/aromatic N) is 1.